The molecule has 7 nitrogen and oxygen atoms in total. The Morgan fingerprint density at radius 3 is 2.94 bits per heavy atom. The first-order valence-electron chi connectivity index (χ1n) is 10.7. The molecule has 0 saturated carbocycles. The molecule has 0 spiro atoms. The summed E-state index contributed by atoms with van der Waals surface area (Å²) in [5, 5.41) is 8.82. The number of pyridine rings is 1. The maximum atomic E-state index is 12.6. The first-order chi connectivity index (χ1) is 15.2. The maximum absolute atomic E-state index is 12.6. The summed E-state index contributed by atoms with van der Waals surface area (Å²) >= 11 is 3.08. The molecule has 1 saturated heterocycles. The summed E-state index contributed by atoms with van der Waals surface area (Å²) < 4.78 is 5.85. The van der Waals surface area contributed by atoms with E-state index in [1.54, 1.807) is 17.5 Å². The van der Waals surface area contributed by atoms with Gasteiger partial charge in [-0.1, -0.05) is 24.8 Å². The summed E-state index contributed by atoms with van der Waals surface area (Å²) in [6.45, 7) is 5.28. The van der Waals surface area contributed by atoms with Crippen LogP contribution in [0.15, 0.2) is 40.1 Å². The van der Waals surface area contributed by atoms with E-state index < -0.39 is 0 Å². The highest BCUT2D eigenvalue weighted by atomic mass is 32.2. The van der Waals surface area contributed by atoms with Gasteiger partial charge in [0.25, 0.3) is 11.1 Å². The van der Waals surface area contributed by atoms with Crippen molar-refractivity contribution in [1.29, 1.82) is 0 Å². The Morgan fingerprint density at radius 1 is 1.26 bits per heavy atom. The number of aryl methyl sites for hydroxylation is 1. The number of thioether (sulfide) groups is 1. The van der Waals surface area contributed by atoms with Gasteiger partial charge in [-0.15, -0.1) is 21.5 Å². The van der Waals surface area contributed by atoms with Crippen molar-refractivity contribution >= 4 is 34.8 Å². The molecule has 0 unspecified atom stereocenters. The van der Waals surface area contributed by atoms with Crippen molar-refractivity contribution in [3.63, 3.8) is 0 Å². The highest BCUT2D eigenvalue weighted by Gasteiger charge is 2.24. The van der Waals surface area contributed by atoms with E-state index in [0.717, 1.165) is 42.5 Å². The third-order valence-electron chi connectivity index (χ3n) is 5.87. The molecular formula is C22H25N5O2S2. The van der Waals surface area contributed by atoms with Gasteiger partial charge in [0, 0.05) is 37.3 Å². The minimum atomic E-state index is 0.103. The van der Waals surface area contributed by atoms with E-state index >= 15 is 0 Å². The summed E-state index contributed by atoms with van der Waals surface area (Å²) in [6.07, 6.45) is 5.31. The highest BCUT2D eigenvalue weighted by Crippen LogP contribution is 2.37. The van der Waals surface area contributed by atoms with Gasteiger partial charge in [0.15, 0.2) is 0 Å². The van der Waals surface area contributed by atoms with Gasteiger partial charge < -0.3 is 14.2 Å². The molecule has 0 bridgehead atoms. The van der Waals surface area contributed by atoms with Crippen LogP contribution >= 0.6 is 23.1 Å². The van der Waals surface area contributed by atoms with E-state index in [0.29, 0.717) is 30.0 Å². The molecular weight excluding hydrogens is 430 g/mol. The zero-order valence-electron chi connectivity index (χ0n) is 17.5. The number of hydrogen-bond acceptors (Lipinski definition) is 8. The minimum absolute atomic E-state index is 0.103. The van der Waals surface area contributed by atoms with Gasteiger partial charge in [-0.2, -0.15) is 0 Å². The molecule has 0 N–H and O–H groups in total. The molecule has 4 heterocycles. The van der Waals surface area contributed by atoms with Crippen LogP contribution in [0.3, 0.4) is 0 Å². The number of thiophene rings is 1. The molecule has 5 rings (SSSR count). The highest BCUT2D eigenvalue weighted by molar-refractivity contribution is 7.99. The third kappa shape index (κ3) is 4.62. The monoisotopic (exact) mass is 455 g/mol. The van der Waals surface area contributed by atoms with Crippen molar-refractivity contribution in [3.05, 3.63) is 40.9 Å². The summed E-state index contributed by atoms with van der Waals surface area (Å²) in [5.41, 5.74) is 1.42. The van der Waals surface area contributed by atoms with Crippen LogP contribution in [-0.4, -0.2) is 57.9 Å². The number of nitrogens with zero attached hydrogens (tertiary/aromatic N) is 5. The van der Waals surface area contributed by atoms with Gasteiger partial charge >= 0.3 is 0 Å². The van der Waals surface area contributed by atoms with Crippen LogP contribution in [-0.2, 0) is 17.6 Å². The largest absolute Gasteiger partial charge is 0.410 e. The molecule has 1 aliphatic carbocycles. The van der Waals surface area contributed by atoms with Crippen molar-refractivity contribution in [2.24, 2.45) is 5.92 Å². The number of carbonyl (C=O) groups is 1. The standard InChI is InChI=1S/C22H25N5O2S2/c1-15-5-6-17-16(12-15)13-18(31-17)21-24-25-22(29-21)30-14-20(28)27-10-8-26(9-11-27)19-4-2-3-7-23-19/h2-4,7,13,15H,5-6,8-12,14H2,1H3/t15-/m0/s1. The van der Waals surface area contributed by atoms with Crippen LogP contribution < -0.4 is 4.90 Å². The van der Waals surface area contributed by atoms with Gasteiger partial charge in [-0.25, -0.2) is 4.98 Å². The number of hydrogen-bond donors (Lipinski definition) is 0. The summed E-state index contributed by atoms with van der Waals surface area (Å²) in [5.74, 6) is 2.67. The van der Waals surface area contributed by atoms with Gasteiger partial charge in [-0.3, -0.25) is 4.79 Å². The molecule has 31 heavy (non-hydrogen) atoms. The molecule has 1 atom stereocenters. The SMILES string of the molecule is C[C@H]1CCc2sc(-c3nnc(SCC(=O)N4CCN(c5ccccn5)CC4)o3)cc2C1. The molecule has 3 aromatic heterocycles. The number of rotatable bonds is 5. The second-order valence-corrected chi connectivity index (χ2v) is 10.2. The predicted molar refractivity (Wildman–Crippen MR) is 123 cm³/mol. The summed E-state index contributed by atoms with van der Waals surface area (Å²) in [6, 6.07) is 8.10. The Bertz CT molecular complexity index is 1040. The second kappa shape index (κ2) is 9.00. The third-order valence-corrected chi connectivity index (χ3v) is 7.90. The lowest BCUT2D eigenvalue weighted by molar-refractivity contribution is -0.128. The Balaban J connectivity index is 1.14. The van der Waals surface area contributed by atoms with Gasteiger partial charge in [0.2, 0.25) is 5.91 Å². The van der Waals surface area contributed by atoms with Crippen molar-refractivity contribution in [2.75, 3.05) is 36.8 Å². The average molecular weight is 456 g/mol. The van der Waals surface area contributed by atoms with E-state index in [4.69, 9.17) is 4.42 Å². The van der Waals surface area contributed by atoms with Crippen molar-refractivity contribution in [2.45, 2.75) is 31.4 Å². The number of amides is 1. The lowest BCUT2D eigenvalue weighted by Gasteiger charge is -2.35. The van der Waals surface area contributed by atoms with E-state index in [2.05, 4.69) is 33.1 Å². The lowest BCUT2D eigenvalue weighted by atomic mass is 9.90. The molecule has 0 aromatic carbocycles. The van der Waals surface area contributed by atoms with Crippen molar-refractivity contribution in [1.82, 2.24) is 20.1 Å². The van der Waals surface area contributed by atoms with Crippen LogP contribution in [0.4, 0.5) is 5.82 Å². The number of piperazine rings is 1. The molecule has 1 amide bonds. The fourth-order valence-electron chi connectivity index (χ4n) is 4.12. The second-order valence-electron chi connectivity index (χ2n) is 8.12. The maximum Gasteiger partial charge on any atom is 0.277 e. The van der Waals surface area contributed by atoms with Crippen LogP contribution in [0.2, 0.25) is 0 Å². The van der Waals surface area contributed by atoms with Crippen molar-refractivity contribution < 1.29 is 9.21 Å². The normalized spacial score (nSPS) is 18.8. The Kier molecular flexibility index (Phi) is 5.95. The van der Waals surface area contributed by atoms with E-state index in [9.17, 15) is 4.79 Å². The average Bonchev–Trinajstić information content (AvgIpc) is 3.45. The van der Waals surface area contributed by atoms with E-state index in [1.807, 2.05) is 23.1 Å². The van der Waals surface area contributed by atoms with Gasteiger partial charge in [0.05, 0.1) is 10.6 Å². The van der Waals surface area contributed by atoms with Crippen LogP contribution in [0.25, 0.3) is 10.8 Å². The Hall–Kier alpha value is -2.39. The molecule has 9 heteroatoms. The fraction of sp³-hybridized carbons (Fsp3) is 0.455. The molecule has 0 radical (unpaired) electrons. The topological polar surface area (TPSA) is 75.4 Å². The molecule has 1 fully saturated rings. The smallest absolute Gasteiger partial charge is 0.277 e. The zero-order chi connectivity index (χ0) is 21.2. The molecule has 3 aromatic rings. The summed E-state index contributed by atoms with van der Waals surface area (Å²) in [4.78, 5) is 23.6. The van der Waals surface area contributed by atoms with Crippen molar-refractivity contribution in [3.8, 4) is 10.8 Å². The van der Waals surface area contributed by atoms with E-state index in [-0.39, 0.29) is 5.91 Å². The first kappa shape index (κ1) is 20.5. The summed E-state index contributed by atoms with van der Waals surface area (Å²) in [7, 11) is 0. The van der Waals surface area contributed by atoms with E-state index in [1.165, 1.54) is 28.6 Å². The van der Waals surface area contributed by atoms with Gasteiger partial charge in [-0.05, 0) is 48.9 Å². The zero-order valence-corrected chi connectivity index (χ0v) is 19.1. The van der Waals surface area contributed by atoms with Gasteiger partial charge in [0.1, 0.15) is 5.82 Å². The minimum Gasteiger partial charge on any atom is -0.410 e. The predicted octanol–water partition coefficient (Wildman–Crippen LogP) is 3.76. The van der Waals surface area contributed by atoms with Crippen LogP contribution in [0.1, 0.15) is 23.8 Å². The molecule has 2 aliphatic rings. The molecule has 1 aliphatic heterocycles. The number of anilines is 1. The lowest BCUT2D eigenvalue weighted by Crippen LogP contribution is -2.49. The number of aromatic nitrogens is 3. The van der Waals surface area contributed by atoms with Crippen LogP contribution in [0, 0.1) is 5.92 Å². The Morgan fingerprint density at radius 2 is 2.13 bits per heavy atom. The number of carbonyl (C=O) groups excluding carboxylic acids is 1. The Labute approximate surface area is 189 Å². The fourth-order valence-corrected chi connectivity index (χ4v) is 5.92. The number of fused-ring (bicyclic) bond motifs is 1. The molecule has 162 valence electrons. The first-order valence-corrected chi connectivity index (χ1v) is 12.5. The van der Waals surface area contributed by atoms with Crippen LogP contribution in [0.5, 0.6) is 0 Å². The quantitative estimate of drug-likeness (QED) is 0.542.